The fourth-order valence-electron chi connectivity index (χ4n) is 2.86. The number of rotatable bonds is 3. The van der Waals surface area contributed by atoms with Crippen LogP contribution in [0.1, 0.15) is 30.3 Å². The van der Waals surface area contributed by atoms with Gasteiger partial charge in [-0.15, -0.1) is 0 Å². The third-order valence-corrected chi connectivity index (χ3v) is 4.27. The average molecular weight is 324 g/mol. The van der Waals surface area contributed by atoms with Crippen LogP contribution in [0.2, 0.25) is 10.0 Å². The molecule has 0 amide bonds. The van der Waals surface area contributed by atoms with Crippen molar-refractivity contribution in [3.63, 3.8) is 0 Å². The molecule has 21 heavy (non-hydrogen) atoms. The molecule has 0 spiro atoms. The van der Waals surface area contributed by atoms with Crippen LogP contribution in [0.3, 0.4) is 0 Å². The number of aromatic nitrogens is 2. The maximum absolute atomic E-state index is 6.09. The lowest BCUT2D eigenvalue weighted by Crippen LogP contribution is -2.22. The van der Waals surface area contributed by atoms with Crippen LogP contribution in [0.5, 0.6) is 0 Å². The van der Waals surface area contributed by atoms with Crippen LogP contribution >= 0.6 is 23.2 Å². The van der Waals surface area contributed by atoms with Gasteiger partial charge in [-0.1, -0.05) is 30.1 Å². The van der Waals surface area contributed by atoms with E-state index in [2.05, 4.69) is 27.7 Å². The van der Waals surface area contributed by atoms with Crippen LogP contribution in [-0.4, -0.2) is 21.2 Å². The fraction of sp³-hybridized carbons (Fsp3) is 0.438. The van der Waals surface area contributed by atoms with E-state index in [1.165, 1.54) is 11.4 Å². The molecular weight excluding hydrogens is 305 g/mol. The van der Waals surface area contributed by atoms with Crippen molar-refractivity contribution in [1.82, 2.24) is 14.7 Å². The molecule has 3 nitrogen and oxygen atoms in total. The van der Waals surface area contributed by atoms with Gasteiger partial charge in [0.1, 0.15) is 0 Å². The lowest BCUT2D eigenvalue weighted by atomic mass is 10.2. The maximum atomic E-state index is 6.09. The molecule has 2 aromatic rings. The molecule has 1 aliphatic heterocycles. The first kappa shape index (κ1) is 14.9. The third-order valence-electron chi connectivity index (χ3n) is 3.83. The van der Waals surface area contributed by atoms with Gasteiger partial charge in [-0.2, -0.15) is 5.10 Å². The molecule has 0 saturated heterocycles. The van der Waals surface area contributed by atoms with E-state index in [0.717, 1.165) is 44.6 Å². The van der Waals surface area contributed by atoms with Gasteiger partial charge in [0.25, 0.3) is 0 Å². The Balaban J connectivity index is 1.76. The third kappa shape index (κ3) is 3.60. The molecule has 0 atom stereocenters. The Bertz CT molecular complexity index is 616. The molecule has 3 rings (SSSR count). The quantitative estimate of drug-likeness (QED) is 0.845. The zero-order valence-corrected chi connectivity index (χ0v) is 13.7. The van der Waals surface area contributed by atoms with Crippen LogP contribution in [0.15, 0.2) is 24.3 Å². The Kier molecular flexibility index (Phi) is 4.53. The van der Waals surface area contributed by atoms with Gasteiger partial charge in [0.15, 0.2) is 0 Å². The Morgan fingerprint density at radius 2 is 1.86 bits per heavy atom. The van der Waals surface area contributed by atoms with Gasteiger partial charge in [-0.05, 0) is 42.7 Å². The topological polar surface area (TPSA) is 21.1 Å². The van der Waals surface area contributed by atoms with Crippen molar-refractivity contribution >= 4 is 23.2 Å². The average Bonchev–Trinajstić information content (AvgIpc) is 2.71. The Labute approximate surface area is 135 Å². The summed E-state index contributed by atoms with van der Waals surface area (Å²) >= 11 is 12.2. The second-order valence-corrected chi connectivity index (χ2v) is 6.42. The normalized spacial score (nSPS) is 15.8. The Morgan fingerprint density at radius 3 is 2.57 bits per heavy atom. The van der Waals surface area contributed by atoms with E-state index >= 15 is 0 Å². The molecule has 1 aliphatic rings. The minimum atomic E-state index is 0.700. The number of aryl methyl sites for hydroxylation is 2. The largest absolute Gasteiger partial charge is 0.293 e. The Hall–Kier alpha value is -1.03. The first-order valence-corrected chi connectivity index (χ1v) is 8.12. The van der Waals surface area contributed by atoms with Crippen molar-refractivity contribution in [2.45, 2.75) is 39.4 Å². The van der Waals surface area contributed by atoms with Crippen LogP contribution in [0, 0.1) is 0 Å². The lowest BCUT2D eigenvalue weighted by Gasteiger charge is -2.19. The number of nitrogens with zero attached hydrogens (tertiary/aromatic N) is 3. The smallest absolute Gasteiger partial charge is 0.0625 e. The minimum absolute atomic E-state index is 0.700. The van der Waals surface area contributed by atoms with Gasteiger partial charge < -0.3 is 0 Å². The monoisotopic (exact) mass is 323 g/mol. The van der Waals surface area contributed by atoms with E-state index in [1.54, 1.807) is 6.07 Å². The zero-order chi connectivity index (χ0) is 14.8. The van der Waals surface area contributed by atoms with Crippen LogP contribution < -0.4 is 0 Å². The number of halogens is 2. The highest BCUT2D eigenvalue weighted by Gasteiger charge is 2.16. The van der Waals surface area contributed by atoms with Crippen molar-refractivity contribution in [2.24, 2.45) is 0 Å². The summed E-state index contributed by atoms with van der Waals surface area (Å²) in [6, 6.07) is 7.99. The molecule has 0 bridgehead atoms. The predicted octanol–water partition coefficient (Wildman–Crippen LogP) is 4.16. The highest BCUT2D eigenvalue weighted by molar-refractivity contribution is 6.34. The summed E-state index contributed by atoms with van der Waals surface area (Å²) in [5.74, 6) is 0. The SMILES string of the molecule is CCc1cc2n(n1)CCCN(Cc1cc(Cl)cc(Cl)c1)C2. The van der Waals surface area contributed by atoms with Gasteiger partial charge in [-0.3, -0.25) is 9.58 Å². The molecule has 0 fully saturated rings. The van der Waals surface area contributed by atoms with Gasteiger partial charge >= 0.3 is 0 Å². The molecule has 112 valence electrons. The first-order valence-electron chi connectivity index (χ1n) is 7.37. The summed E-state index contributed by atoms with van der Waals surface area (Å²) in [6.07, 6.45) is 2.11. The highest BCUT2D eigenvalue weighted by Crippen LogP contribution is 2.22. The molecule has 2 heterocycles. The fourth-order valence-corrected chi connectivity index (χ4v) is 3.43. The summed E-state index contributed by atoms with van der Waals surface area (Å²) in [7, 11) is 0. The minimum Gasteiger partial charge on any atom is -0.293 e. The molecule has 0 aliphatic carbocycles. The number of hydrogen-bond acceptors (Lipinski definition) is 2. The van der Waals surface area contributed by atoms with Crippen molar-refractivity contribution in [3.8, 4) is 0 Å². The Morgan fingerprint density at radius 1 is 1.10 bits per heavy atom. The number of fused-ring (bicyclic) bond motifs is 1. The number of benzene rings is 1. The van der Waals surface area contributed by atoms with Crippen LogP contribution in [0.25, 0.3) is 0 Å². The van der Waals surface area contributed by atoms with E-state index < -0.39 is 0 Å². The van der Waals surface area contributed by atoms with Gasteiger partial charge in [0.2, 0.25) is 0 Å². The van der Waals surface area contributed by atoms with E-state index in [4.69, 9.17) is 23.2 Å². The van der Waals surface area contributed by atoms with Gasteiger partial charge in [0, 0.05) is 36.2 Å². The summed E-state index contributed by atoms with van der Waals surface area (Å²) in [6.45, 7) is 6.01. The van der Waals surface area contributed by atoms with Gasteiger partial charge in [-0.25, -0.2) is 0 Å². The van der Waals surface area contributed by atoms with E-state index in [-0.39, 0.29) is 0 Å². The second-order valence-electron chi connectivity index (χ2n) is 5.55. The van der Waals surface area contributed by atoms with Gasteiger partial charge in [0.05, 0.1) is 11.4 Å². The molecular formula is C16H19Cl2N3. The first-order chi connectivity index (χ1) is 10.1. The molecule has 0 saturated carbocycles. The van der Waals surface area contributed by atoms with E-state index in [1.807, 2.05) is 12.1 Å². The maximum Gasteiger partial charge on any atom is 0.0625 e. The summed E-state index contributed by atoms with van der Waals surface area (Å²) in [4.78, 5) is 2.43. The molecule has 0 unspecified atom stereocenters. The van der Waals surface area contributed by atoms with E-state index in [9.17, 15) is 0 Å². The second kappa shape index (κ2) is 6.39. The molecule has 5 heteroatoms. The molecule has 1 aromatic carbocycles. The highest BCUT2D eigenvalue weighted by atomic mass is 35.5. The summed E-state index contributed by atoms with van der Waals surface area (Å²) in [5, 5.41) is 6.05. The molecule has 1 aromatic heterocycles. The van der Waals surface area contributed by atoms with Crippen LogP contribution in [-0.2, 0) is 26.1 Å². The summed E-state index contributed by atoms with van der Waals surface area (Å²) in [5.41, 5.74) is 3.64. The molecule has 0 N–H and O–H groups in total. The van der Waals surface area contributed by atoms with E-state index in [0.29, 0.717) is 10.0 Å². The van der Waals surface area contributed by atoms with Crippen molar-refractivity contribution < 1.29 is 0 Å². The zero-order valence-electron chi connectivity index (χ0n) is 12.1. The van der Waals surface area contributed by atoms with Crippen LogP contribution in [0.4, 0.5) is 0 Å². The predicted molar refractivity (Wildman–Crippen MR) is 86.8 cm³/mol. The van der Waals surface area contributed by atoms with Crippen molar-refractivity contribution in [2.75, 3.05) is 6.54 Å². The summed E-state index contributed by atoms with van der Waals surface area (Å²) < 4.78 is 2.16. The standard InChI is InChI=1S/C16H19Cl2N3/c1-2-15-9-16-11-20(4-3-5-21(16)19-15)10-12-6-13(17)8-14(18)7-12/h6-9H,2-5,10-11H2,1H3. The van der Waals surface area contributed by atoms with Crippen molar-refractivity contribution in [1.29, 1.82) is 0 Å². The number of hydrogen-bond donors (Lipinski definition) is 0. The molecule has 0 radical (unpaired) electrons. The lowest BCUT2D eigenvalue weighted by molar-refractivity contribution is 0.261. The van der Waals surface area contributed by atoms with Crippen molar-refractivity contribution in [3.05, 3.63) is 51.3 Å².